The van der Waals surface area contributed by atoms with E-state index in [1.54, 1.807) is 12.1 Å². The number of anilines is 1. The summed E-state index contributed by atoms with van der Waals surface area (Å²) in [6.07, 6.45) is 0. The largest absolute Gasteiger partial charge is 0.493 e. The molecule has 6 nitrogen and oxygen atoms in total. The molecule has 0 heterocycles. The standard InChI is InChI=1S/C14H21NO5/c1-8(2)12(14(16)17)15-9-6-10(18-3)13(20-5)11(7-9)19-4/h6-8,12,15H,1-5H3,(H,16,17)/t12-/m0/s1. The molecule has 0 aliphatic rings. The zero-order valence-electron chi connectivity index (χ0n) is 12.4. The van der Waals surface area contributed by atoms with Gasteiger partial charge in [0.05, 0.1) is 21.3 Å². The molecule has 1 atom stereocenters. The van der Waals surface area contributed by atoms with Crippen LogP contribution in [-0.4, -0.2) is 38.4 Å². The first-order valence-electron chi connectivity index (χ1n) is 6.23. The predicted octanol–water partition coefficient (Wildman–Crippen LogP) is 2.23. The fraction of sp³-hybridized carbons (Fsp3) is 0.500. The molecule has 20 heavy (non-hydrogen) atoms. The minimum absolute atomic E-state index is 0.0633. The topological polar surface area (TPSA) is 77.0 Å². The van der Waals surface area contributed by atoms with E-state index in [1.807, 2.05) is 13.8 Å². The van der Waals surface area contributed by atoms with Gasteiger partial charge in [-0.25, -0.2) is 4.79 Å². The first kappa shape index (κ1) is 15.9. The van der Waals surface area contributed by atoms with Crippen LogP contribution in [0.25, 0.3) is 0 Å². The molecule has 1 aromatic rings. The second kappa shape index (κ2) is 6.88. The monoisotopic (exact) mass is 283 g/mol. The second-order valence-corrected chi connectivity index (χ2v) is 4.62. The summed E-state index contributed by atoms with van der Waals surface area (Å²) in [5.41, 5.74) is 0.598. The van der Waals surface area contributed by atoms with Gasteiger partial charge in [0.25, 0.3) is 0 Å². The van der Waals surface area contributed by atoms with Crippen molar-refractivity contribution >= 4 is 11.7 Å². The van der Waals surface area contributed by atoms with Crippen molar-refractivity contribution < 1.29 is 24.1 Å². The molecule has 0 aliphatic heterocycles. The molecule has 0 radical (unpaired) electrons. The molecule has 0 spiro atoms. The zero-order valence-corrected chi connectivity index (χ0v) is 12.4. The number of hydrogen-bond acceptors (Lipinski definition) is 5. The Balaban J connectivity index is 3.16. The molecule has 0 aromatic heterocycles. The number of nitrogens with one attached hydrogen (secondary N) is 1. The lowest BCUT2D eigenvalue weighted by molar-refractivity contribution is -0.138. The smallest absolute Gasteiger partial charge is 0.326 e. The van der Waals surface area contributed by atoms with Gasteiger partial charge in [0.1, 0.15) is 6.04 Å². The van der Waals surface area contributed by atoms with E-state index in [2.05, 4.69) is 5.32 Å². The fourth-order valence-electron chi connectivity index (χ4n) is 1.86. The Labute approximate surface area is 118 Å². The lowest BCUT2D eigenvalue weighted by Gasteiger charge is -2.21. The van der Waals surface area contributed by atoms with Crippen molar-refractivity contribution in [3.05, 3.63) is 12.1 Å². The van der Waals surface area contributed by atoms with Crippen LogP contribution < -0.4 is 19.5 Å². The van der Waals surface area contributed by atoms with Gasteiger partial charge in [-0.15, -0.1) is 0 Å². The van der Waals surface area contributed by atoms with Gasteiger partial charge in [0.15, 0.2) is 11.5 Å². The summed E-state index contributed by atoms with van der Waals surface area (Å²) in [5, 5.41) is 12.2. The Kier molecular flexibility index (Phi) is 5.49. The van der Waals surface area contributed by atoms with Crippen molar-refractivity contribution in [2.45, 2.75) is 19.9 Å². The molecule has 0 saturated carbocycles. The van der Waals surface area contributed by atoms with Gasteiger partial charge >= 0.3 is 5.97 Å². The molecule has 6 heteroatoms. The first-order valence-corrected chi connectivity index (χ1v) is 6.23. The molecular weight excluding hydrogens is 262 g/mol. The van der Waals surface area contributed by atoms with Crippen molar-refractivity contribution in [1.29, 1.82) is 0 Å². The van der Waals surface area contributed by atoms with Crippen molar-refractivity contribution in [3.8, 4) is 17.2 Å². The highest BCUT2D eigenvalue weighted by Gasteiger charge is 2.22. The molecule has 1 rings (SSSR count). The number of benzene rings is 1. The van der Waals surface area contributed by atoms with Gasteiger partial charge in [-0.1, -0.05) is 13.8 Å². The Morgan fingerprint density at radius 2 is 1.60 bits per heavy atom. The van der Waals surface area contributed by atoms with Crippen LogP contribution in [0.5, 0.6) is 17.2 Å². The fourth-order valence-corrected chi connectivity index (χ4v) is 1.86. The minimum atomic E-state index is -0.909. The lowest BCUT2D eigenvalue weighted by atomic mass is 10.0. The third-order valence-corrected chi connectivity index (χ3v) is 2.92. The van der Waals surface area contributed by atoms with Gasteiger partial charge in [-0.05, 0) is 5.92 Å². The third kappa shape index (κ3) is 3.46. The molecule has 112 valence electrons. The van der Waals surface area contributed by atoms with Crippen molar-refractivity contribution in [1.82, 2.24) is 0 Å². The van der Waals surface area contributed by atoms with Crippen molar-refractivity contribution in [2.75, 3.05) is 26.6 Å². The average molecular weight is 283 g/mol. The van der Waals surface area contributed by atoms with Gasteiger partial charge < -0.3 is 24.6 Å². The van der Waals surface area contributed by atoms with Crippen LogP contribution in [0.15, 0.2) is 12.1 Å². The van der Waals surface area contributed by atoms with E-state index < -0.39 is 12.0 Å². The van der Waals surface area contributed by atoms with E-state index in [4.69, 9.17) is 14.2 Å². The lowest BCUT2D eigenvalue weighted by Crippen LogP contribution is -2.34. The van der Waals surface area contributed by atoms with E-state index in [0.29, 0.717) is 22.9 Å². The van der Waals surface area contributed by atoms with Gasteiger partial charge in [-0.2, -0.15) is 0 Å². The van der Waals surface area contributed by atoms with Gasteiger partial charge in [0.2, 0.25) is 5.75 Å². The third-order valence-electron chi connectivity index (χ3n) is 2.92. The molecule has 2 N–H and O–H groups in total. The molecule has 0 fully saturated rings. The Bertz CT molecular complexity index is 448. The van der Waals surface area contributed by atoms with Crippen LogP contribution in [0, 0.1) is 5.92 Å². The Morgan fingerprint density at radius 1 is 1.10 bits per heavy atom. The Hall–Kier alpha value is -2.11. The summed E-state index contributed by atoms with van der Waals surface area (Å²) in [7, 11) is 4.54. The van der Waals surface area contributed by atoms with Crippen molar-refractivity contribution in [2.24, 2.45) is 5.92 Å². The van der Waals surface area contributed by atoms with Gasteiger partial charge in [-0.3, -0.25) is 0 Å². The SMILES string of the molecule is COc1cc(N[C@H](C(=O)O)C(C)C)cc(OC)c1OC. The number of carbonyl (C=O) groups is 1. The number of hydrogen-bond donors (Lipinski definition) is 2. The zero-order chi connectivity index (χ0) is 15.3. The number of methoxy groups -OCH3 is 3. The summed E-state index contributed by atoms with van der Waals surface area (Å²) < 4.78 is 15.7. The molecule has 0 aliphatic carbocycles. The molecule has 0 unspecified atom stereocenters. The van der Waals surface area contributed by atoms with Crippen LogP contribution in [-0.2, 0) is 4.79 Å². The summed E-state index contributed by atoms with van der Waals surface area (Å²) >= 11 is 0. The van der Waals surface area contributed by atoms with Crippen LogP contribution in [0.3, 0.4) is 0 Å². The van der Waals surface area contributed by atoms with Crippen LogP contribution in [0.2, 0.25) is 0 Å². The van der Waals surface area contributed by atoms with E-state index in [9.17, 15) is 9.90 Å². The number of ether oxygens (including phenoxy) is 3. The quantitative estimate of drug-likeness (QED) is 0.799. The normalized spacial score (nSPS) is 11.9. The second-order valence-electron chi connectivity index (χ2n) is 4.62. The van der Waals surface area contributed by atoms with Gasteiger partial charge in [0, 0.05) is 17.8 Å². The highest BCUT2D eigenvalue weighted by Crippen LogP contribution is 2.40. The molecular formula is C14H21NO5. The molecule has 0 amide bonds. The van der Waals surface area contributed by atoms with E-state index in [-0.39, 0.29) is 5.92 Å². The number of aliphatic carboxylic acids is 1. The minimum Gasteiger partial charge on any atom is -0.493 e. The van der Waals surface area contributed by atoms with E-state index in [0.717, 1.165) is 0 Å². The van der Waals surface area contributed by atoms with Crippen LogP contribution in [0.4, 0.5) is 5.69 Å². The highest BCUT2D eigenvalue weighted by molar-refractivity contribution is 5.78. The van der Waals surface area contributed by atoms with E-state index >= 15 is 0 Å². The average Bonchev–Trinajstić information content (AvgIpc) is 2.42. The maximum atomic E-state index is 11.2. The number of rotatable bonds is 7. The molecule has 1 aromatic carbocycles. The van der Waals surface area contributed by atoms with Crippen LogP contribution >= 0.6 is 0 Å². The summed E-state index contributed by atoms with van der Waals surface area (Å²) in [6.45, 7) is 3.67. The maximum absolute atomic E-state index is 11.2. The number of carboxylic acid groups (broad SMARTS) is 1. The Morgan fingerprint density at radius 3 is 1.90 bits per heavy atom. The number of carboxylic acids is 1. The van der Waals surface area contributed by atoms with E-state index in [1.165, 1.54) is 21.3 Å². The summed E-state index contributed by atoms with van der Waals surface area (Å²) in [4.78, 5) is 11.2. The first-order chi connectivity index (χ1) is 9.44. The van der Waals surface area contributed by atoms with Crippen LogP contribution in [0.1, 0.15) is 13.8 Å². The highest BCUT2D eigenvalue weighted by atomic mass is 16.5. The summed E-state index contributed by atoms with van der Waals surface area (Å²) in [5.74, 6) is 0.446. The summed E-state index contributed by atoms with van der Waals surface area (Å²) in [6, 6.07) is 2.66. The molecule has 0 saturated heterocycles. The maximum Gasteiger partial charge on any atom is 0.326 e. The predicted molar refractivity (Wildman–Crippen MR) is 76.0 cm³/mol. The van der Waals surface area contributed by atoms with Crippen molar-refractivity contribution in [3.63, 3.8) is 0 Å². The molecule has 0 bridgehead atoms.